The molecule has 0 bridgehead atoms. The van der Waals surface area contributed by atoms with E-state index >= 15 is 0 Å². The number of hydrogen-bond acceptors (Lipinski definition) is 2. The van der Waals surface area contributed by atoms with Gasteiger partial charge in [-0.3, -0.25) is 0 Å². The molecule has 2 rings (SSSR count). The summed E-state index contributed by atoms with van der Waals surface area (Å²) in [6.45, 7) is 3.33. The van der Waals surface area contributed by atoms with E-state index in [-0.39, 0.29) is 0 Å². The van der Waals surface area contributed by atoms with Crippen LogP contribution in [0.3, 0.4) is 0 Å². The molecule has 2 heteroatoms. The first-order chi connectivity index (χ1) is 9.16. The van der Waals surface area contributed by atoms with E-state index in [2.05, 4.69) is 61.6 Å². The Morgan fingerprint density at radius 3 is 2.53 bits per heavy atom. The van der Waals surface area contributed by atoms with Gasteiger partial charge in [-0.05, 0) is 56.8 Å². The molecule has 1 aromatic carbocycles. The van der Waals surface area contributed by atoms with Crippen LogP contribution in [0.4, 0.5) is 5.69 Å². The topological polar surface area (TPSA) is 15.3 Å². The van der Waals surface area contributed by atoms with Gasteiger partial charge in [-0.15, -0.1) is 0 Å². The monoisotopic (exact) mass is 258 g/mol. The van der Waals surface area contributed by atoms with E-state index in [1.807, 2.05) is 0 Å². The van der Waals surface area contributed by atoms with Crippen LogP contribution < -0.4 is 10.2 Å². The minimum atomic E-state index is 0.429. The van der Waals surface area contributed by atoms with Crippen LogP contribution in [0.5, 0.6) is 0 Å². The summed E-state index contributed by atoms with van der Waals surface area (Å²) in [5, 5.41) is 3.62. The molecule has 0 amide bonds. The van der Waals surface area contributed by atoms with Crippen molar-refractivity contribution in [3.05, 3.63) is 41.5 Å². The van der Waals surface area contributed by atoms with Gasteiger partial charge in [0.05, 0.1) is 0 Å². The molecule has 0 heterocycles. The predicted molar refractivity (Wildman–Crippen MR) is 83.7 cm³/mol. The lowest BCUT2D eigenvalue weighted by molar-refractivity contribution is 0.573. The molecular weight excluding hydrogens is 232 g/mol. The Labute approximate surface area is 117 Å². The molecular formula is C17H26N2. The fourth-order valence-corrected chi connectivity index (χ4v) is 2.59. The maximum absolute atomic E-state index is 3.62. The van der Waals surface area contributed by atoms with Gasteiger partial charge >= 0.3 is 0 Å². The summed E-state index contributed by atoms with van der Waals surface area (Å²) in [7, 11) is 4.15. The molecule has 0 saturated carbocycles. The van der Waals surface area contributed by atoms with Crippen molar-refractivity contribution in [3.63, 3.8) is 0 Å². The molecule has 1 unspecified atom stereocenters. The molecule has 0 radical (unpaired) electrons. The molecule has 1 atom stereocenters. The predicted octanol–water partition coefficient (Wildman–Crippen LogP) is 3.90. The third-order valence-corrected chi connectivity index (χ3v) is 3.94. The molecule has 1 N–H and O–H groups in total. The lowest BCUT2D eigenvalue weighted by Gasteiger charge is -2.17. The molecule has 19 heavy (non-hydrogen) atoms. The lowest BCUT2D eigenvalue weighted by Crippen LogP contribution is -2.20. The van der Waals surface area contributed by atoms with Gasteiger partial charge in [0.2, 0.25) is 0 Å². The smallest absolute Gasteiger partial charge is 0.0361 e. The highest BCUT2D eigenvalue weighted by Crippen LogP contribution is 2.21. The maximum Gasteiger partial charge on any atom is 0.0361 e. The van der Waals surface area contributed by atoms with Crippen molar-refractivity contribution >= 4 is 5.69 Å². The largest absolute Gasteiger partial charge is 0.378 e. The van der Waals surface area contributed by atoms with E-state index in [9.17, 15) is 0 Å². The SMILES string of the molecule is CC(NCCC1=CCCC1)c1ccc(N(C)C)cc1. The molecule has 0 saturated heterocycles. The number of anilines is 1. The lowest BCUT2D eigenvalue weighted by atomic mass is 10.1. The molecule has 1 aliphatic carbocycles. The molecule has 0 aromatic heterocycles. The van der Waals surface area contributed by atoms with E-state index in [0.717, 1.165) is 6.54 Å². The second kappa shape index (κ2) is 6.76. The van der Waals surface area contributed by atoms with E-state index in [0.29, 0.717) is 6.04 Å². The summed E-state index contributed by atoms with van der Waals surface area (Å²) < 4.78 is 0. The number of rotatable bonds is 6. The fraction of sp³-hybridized carbons (Fsp3) is 0.529. The summed E-state index contributed by atoms with van der Waals surface area (Å²) >= 11 is 0. The third kappa shape index (κ3) is 4.10. The van der Waals surface area contributed by atoms with Crippen molar-refractivity contribution in [1.82, 2.24) is 5.32 Å². The third-order valence-electron chi connectivity index (χ3n) is 3.94. The average Bonchev–Trinajstić information content (AvgIpc) is 2.92. The van der Waals surface area contributed by atoms with Crippen LogP contribution in [0, 0.1) is 0 Å². The second-order valence-electron chi connectivity index (χ2n) is 5.67. The number of nitrogens with zero attached hydrogens (tertiary/aromatic N) is 1. The van der Waals surface area contributed by atoms with Crippen LogP contribution in [0.25, 0.3) is 0 Å². The van der Waals surface area contributed by atoms with Crippen LogP contribution in [-0.4, -0.2) is 20.6 Å². The summed E-state index contributed by atoms with van der Waals surface area (Å²) in [5.74, 6) is 0. The van der Waals surface area contributed by atoms with E-state index in [1.54, 1.807) is 5.57 Å². The van der Waals surface area contributed by atoms with Crippen LogP contribution in [0.15, 0.2) is 35.9 Å². The Bertz CT molecular complexity index is 417. The van der Waals surface area contributed by atoms with Crippen molar-refractivity contribution < 1.29 is 0 Å². The number of allylic oxidation sites excluding steroid dienone is 1. The van der Waals surface area contributed by atoms with Crippen molar-refractivity contribution in [2.45, 2.75) is 38.6 Å². The van der Waals surface area contributed by atoms with E-state index < -0.39 is 0 Å². The number of nitrogens with one attached hydrogen (secondary N) is 1. The average molecular weight is 258 g/mol. The normalized spacial score (nSPS) is 16.3. The van der Waals surface area contributed by atoms with E-state index in [1.165, 1.54) is 36.9 Å². The van der Waals surface area contributed by atoms with Crippen molar-refractivity contribution in [2.75, 3.05) is 25.5 Å². The molecule has 1 aromatic rings. The highest BCUT2D eigenvalue weighted by atomic mass is 15.1. The van der Waals surface area contributed by atoms with Gasteiger partial charge in [0.25, 0.3) is 0 Å². The zero-order chi connectivity index (χ0) is 13.7. The summed E-state index contributed by atoms with van der Waals surface area (Å²) in [6, 6.07) is 9.25. The zero-order valence-electron chi connectivity index (χ0n) is 12.4. The summed E-state index contributed by atoms with van der Waals surface area (Å²) in [5.41, 5.74) is 4.26. The van der Waals surface area contributed by atoms with Gasteiger partial charge in [0.1, 0.15) is 0 Å². The van der Waals surface area contributed by atoms with Crippen LogP contribution in [-0.2, 0) is 0 Å². The molecule has 2 nitrogen and oxygen atoms in total. The zero-order valence-corrected chi connectivity index (χ0v) is 12.4. The Morgan fingerprint density at radius 1 is 1.21 bits per heavy atom. The molecule has 0 aliphatic heterocycles. The first kappa shape index (κ1) is 14.1. The first-order valence-electron chi connectivity index (χ1n) is 7.35. The van der Waals surface area contributed by atoms with Crippen LogP contribution >= 0.6 is 0 Å². The minimum Gasteiger partial charge on any atom is -0.378 e. The van der Waals surface area contributed by atoms with Gasteiger partial charge < -0.3 is 10.2 Å². The van der Waals surface area contributed by atoms with Crippen molar-refractivity contribution in [1.29, 1.82) is 0 Å². The van der Waals surface area contributed by atoms with Crippen LogP contribution in [0.1, 0.15) is 44.2 Å². The fourth-order valence-electron chi connectivity index (χ4n) is 2.59. The van der Waals surface area contributed by atoms with Gasteiger partial charge in [0.15, 0.2) is 0 Å². The number of hydrogen-bond donors (Lipinski definition) is 1. The minimum absolute atomic E-state index is 0.429. The van der Waals surface area contributed by atoms with Gasteiger partial charge in [-0.25, -0.2) is 0 Å². The van der Waals surface area contributed by atoms with E-state index in [4.69, 9.17) is 0 Å². The molecule has 0 fully saturated rings. The second-order valence-corrected chi connectivity index (χ2v) is 5.67. The van der Waals surface area contributed by atoms with Gasteiger partial charge in [-0.2, -0.15) is 0 Å². The van der Waals surface area contributed by atoms with Gasteiger partial charge in [0, 0.05) is 25.8 Å². The Balaban J connectivity index is 1.80. The quantitative estimate of drug-likeness (QED) is 0.778. The molecule has 1 aliphatic rings. The Kier molecular flexibility index (Phi) is 5.03. The summed E-state index contributed by atoms with van der Waals surface area (Å²) in [4.78, 5) is 2.13. The standard InChI is InChI=1S/C17H26N2/c1-14(18-13-12-15-6-4-5-7-15)16-8-10-17(11-9-16)19(2)3/h6,8-11,14,18H,4-5,7,12-13H2,1-3H3. The first-order valence-corrected chi connectivity index (χ1v) is 7.35. The Hall–Kier alpha value is -1.28. The van der Waals surface area contributed by atoms with Crippen LogP contribution in [0.2, 0.25) is 0 Å². The maximum atomic E-state index is 3.62. The molecule has 0 spiro atoms. The number of benzene rings is 1. The van der Waals surface area contributed by atoms with Gasteiger partial charge in [-0.1, -0.05) is 23.8 Å². The Morgan fingerprint density at radius 2 is 1.95 bits per heavy atom. The van der Waals surface area contributed by atoms with Crippen molar-refractivity contribution in [2.24, 2.45) is 0 Å². The molecule has 104 valence electrons. The summed E-state index contributed by atoms with van der Waals surface area (Å²) in [6.07, 6.45) is 7.58. The highest BCUT2D eigenvalue weighted by molar-refractivity contribution is 5.46. The highest BCUT2D eigenvalue weighted by Gasteiger charge is 2.07. The van der Waals surface area contributed by atoms with Crippen molar-refractivity contribution in [3.8, 4) is 0 Å².